The number of aliphatic hydroxyl groups is 2. The molecule has 3 aliphatic rings. The molecule has 7 nitrogen and oxygen atoms in total. The van der Waals surface area contributed by atoms with E-state index in [1.807, 2.05) is 67.6 Å². The van der Waals surface area contributed by atoms with Gasteiger partial charge < -0.3 is 15.1 Å². The van der Waals surface area contributed by atoms with Crippen LogP contribution in [-0.2, 0) is 21.0 Å². The summed E-state index contributed by atoms with van der Waals surface area (Å²) in [6.45, 7) is 2.16. The van der Waals surface area contributed by atoms with Crippen molar-refractivity contribution in [2.45, 2.75) is 51.0 Å². The minimum Gasteiger partial charge on any atom is -0.391 e. The zero-order valence-electron chi connectivity index (χ0n) is 19.2. The summed E-state index contributed by atoms with van der Waals surface area (Å²) in [4.78, 5) is 33.9. The van der Waals surface area contributed by atoms with Crippen molar-refractivity contribution in [1.29, 1.82) is 0 Å². The lowest BCUT2D eigenvalue weighted by molar-refractivity contribution is -0.144. The summed E-state index contributed by atoms with van der Waals surface area (Å²) in [5.41, 5.74) is 2.53. The summed E-state index contributed by atoms with van der Waals surface area (Å²) in [6.07, 6.45) is -0.775. The van der Waals surface area contributed by atoms with E-state index in [1.165, 1.54) is 4.90 Å². The number of aliphatic hydroxyl groups excluding tert-OH is 2. The van der Waals surface area contributed by atoms with E-state index in [-0.39, 0.29) is 24.2 Å². The number of benzene rings is 2. The topological polar surface area (TPSA) is 99.4 Å². The smallest absolute Gasteiger partial charge is 0.234 e. The van der Waals surface area contributed by atoms with Crippen LogP contribution in [0.5, 0.6) is 0 Å². The highest BCUT2D eigenvalue weighted by Crippen LogP contribution is 2.51. The fourth-order valence-electron chi connectivity index (χ4n) is 6.02. The van der Waals surface area contributed by atoms with Crippen molar-refractivity contribution in [2.75, 3.05) is 0 Å². The molecule has 1 saturated heterocycles. The van der Waals surface area contributed by atoms with E-state index in [0.717, 1.165) is 11.1 Å². The van der Waals surface area contributed by atoms with Crippen molar-refractivity contribution in [3.05, 3.63) is 71.8 Å². The molecule has 7 heteroatoms. The van der Waals surface area contributed by atoms with Gasteiger partial charge in [-0.25, -0.2) is 0 Å². The normalized spacial score (nSPS) is 32.9. The first kappa shape index (κ1) is 22.7. The van der Waals surface area contributed by atoms with Gasteiger partial charge in [-0.15, -0.1) is 0 Å². The van der Waals surface area contributed by atoms with Gasteiger partial charge in [-0.3, -0.25) is 14.5 Å². The molecular formula is C27H30N2O5. The second-order valence-corrected chi connectivity index (χ2v) is 9.63. The maximum absolute atomic E-state index is 13.6. The molecule has 5 rings (SSSR count). The van der Waals surface area contributed by atoms with Gasteiger partial charge in [0.2, 0.25) is 11.8 Å². The molecule has 0 aromatic heterocycles. The molecule has 0 unspecified atom stereocenters. The molecule has 2 aromatic carbocycles. The summed E-state index contributed by atoms with van der Waals surface area (Å²) >= 11 is 0. The maximum Gasteiger partial charge on any atom is 0.234 e. The molecule has 2 amide bonds. The van der Waals surface area contributed by atoms with Gasteiger partial charge in [0.25, 0.3) is 0 Å². The van der Waals surface area contributed by atoms with Crippen LogP contribution in [-0.4, -0.2) is 44.8 Å². The summed E-state index contributed by atoms with van der Waals surface area (Å²) in [5, 5.41) is 25.9. The lowest BCUT2D eigenvalue weighted by Crippen LogP contribution is -2.54. The van der Waals surface area contributed by atoms with Crippen LogP contribution in [0.2, 0.25) is 0 Å². The van der Waals surface area contributed by atoms with E-state index >= 15 is 0 Å². The van der Waals surface area contributed by atoms with E-state index in [9.17, 15) is 19.8 Å². The number of carbonyl (C=O) groups is 2. The van der Waals surface area contributed by atoms with Gasteiger partial charge in [0.05, 0.1) is 35.8 Å². The molecule has 1 heterocycles. The van der Waals surface area contributed by atoms with Crippen molar-refractivity contribution in [1.82, 2.24) is 4.90 Å². The Labute approximate surface area is 199 Å². The number of hydrogen-bond acceptors (Lipinski definition) is 6. The van der Waals surface area contributed by atoms with Gasteiger partial charge in [0, 0.05) is 18.3 Å². The highest BCUT2D eigenvalue weighted by atomic mass is 16.6. The number of nitrogens with zero attached hydrogens (tertiary/aromatic N) is 2. The van der Waals surface area contributed by atoms with Gasteiger partial charge in [-0.2, -0.15) is 0 Å². The zero-order valence-corrected chi connectivity index (χ0v) is 19.2. The first-order valence-electron chi connectivity index (χ1n) is 12.0. The van der Waals surface area contributed by atoms with Crippen LogP contribution in [0.15, 0.2) is 65.8 Å². The van der Waals surface area contributed by atoms with Crippen LogP contribution in [0.1, 0.15) is 43.4 Å². The summed E-state index contributed by atoms with van der Waals surface area (Å²) < 4.78 is 0. The Kier molecular flexibility index (Phi) is 6.23. The average molecular weight is 463 g/mol. The number of oxime groups is 1. The number of imide groups is 1. The van der Waals surface area contributed by atoms with Crippen molar-refractivity contribution in [3.63, 3.8) is 0 Å². The second kappa shape index (κ2) is 9.31. The Morgan fingerprint density at radius 1 is 0.971 bits per heavy atom. The lowest BCUT2D eigenvalue weighted by atomic mass is 9.60. The Morgan fingerprint density at radius 3 is 2.32 bits per heavy atom. The molecule has 2 aromatic rings. The van der Waals surface area contributed by atoms with E-state index in [2.05, 4.69) is 5.16 Å². The number of amides is 2. The number of likely N-dealkylation sites (tertiary alicyclic amines) is 1. The minimum atomic E-state index is -1.09. The van der Waals surface area contributed by atoms with Crippen LogP contribution < -0.4 is 0 Å². The molecule has 1 aliphatic heterocycles. The molecule has 34 heavy (non-hydrogen) atoms. The zero-order chi connectivity index (χ0) is 23.8. The molecule has 0 spiro atoms. The third-order valence-corrected chi connectivity index (χ3v) is 7.74. The second-order valence-electron chi connectivity index (χ2n) is 9.63. The predicted octanol–water partition coefficient (Wildman–Crippen LogP) is 3.07. The average Bonchev–Trinajstić information content (AvgIpc) is 3.12. The van der Waals surface area contributed by atoms with Crippen molar-refractivity contribution >= 4 is 17.5 Å². The quantitative estimate of drug-likeness (QED) is 0.526. The number of fused-ring (bicyclic) bond motifs is 3. The summed E-state index contributed by atoms with van der Waals surface area (Å²) in [6, 6.07) is 18.8. The number of carbonyl (C=O) groups excluding carboxylic acids is 2. The maximum atomic E-state index is 13.6. The highest BCUT2D eigenvalue weighted by molar-refractivity contribution is 6.06. The fraction of sp³-hybridized carbons (Fsp3) is 0.444. The minimum absolute atomic E-state index is 0.184. The van der Waals surface area contributed by atoms with Gasteiger partial charge in [0.1, 0.15) is 6.61 Å². The first-order valence-corrected chi connectivity index (χ1v) is 12.0. The molecule has 2 aliphatic carbocycles. The van der Waals surface area contributed by atoms with Gasteiger partial charge in [0.15, 0.2) is 0 Å². The third kappa shape index (κ3) is 3.93. The molecule has 0 radical (unpaired) electrons. The van der Waals surface area contributed by atoms with Crippen LogP contribution in [0.25, 0.3) is 0 Å². The Morgan fingerprint density at radius 2 is 1.62 bits per heavy atom. The molecule has 178 valence electrons. The van der Waals surface area contributed by atoms with Gasteiger partial charge in [-0.05, 0) is 30.9 Å². The molecule has 2 saturated carbocycles. The molecule has 0 bridgehead atoms. The summed E-state index contributed by atoms with van der Waals surface area (Å²) in [5.74, 6) is -2.37. The van der Waals surface area contributed by atoms with E-state index in [0.29, 0.717) is 25.2 Å². The predicted molar refractivity (Wildman–Crippen MR) is 125 cm³/mol. The van der Waals surface area contributed by atoms with Crippen LogP contribution in [0, 0.1) is 23.7 Å². The van der Waals surface area contributed by atoms with Crippen molar-refractivity contribution in [3.8, 4) is 0 Å². The first-order chi connectivity index (χ1) is 16.5. The van der Waals surface area contributed by atoms with Gasteiger partial charge >= 0.3 is 0 Å². The van der Waals surface area contributed by atoms with E-state index < -0.39 is 36.0 Å². The Balaban J connectivity index is 1.39. The molecule has 7 atom stereocenters. The molecule has 2 N–H and O–H groups in total. The van der Waals surface area contributed by atoms with Crippen LogP contribution >= 0.6 is 0 Å². The number of rotatable bonds is 5. The third-order valence-electron chi connectivity index (χ3n) is 7.74. The fourth-order valence-corrected chi connectivity index (χ4v) is 6.02. The molecule has 3 fully saturated rings. The standard InChI is InChI=1S/C27H30N2O5/c1-16(18-10-6-3-7-11-18)29-26(32)20-13-12-19-21(28-34-15-17-8-4-2-5-9-17)14-22(30)25(31)23(19)24(20)27(29)33/h2-11,16,19-20,22-25,30-31H,12-15H2,1H3/b28-21+/t16-,19-,20+,22+,23-,24+,25+/m0/s1. The van der Waals surface area contributed by atoms with Crippen molar-refractivity contribution < 1.29 is 24.6 Å². The largest absolute Gasteiger partial charge is 0.391 e. The highest BCUT2D eigenvalue weighted by Gasteiger charge is 2.60. The lowest BCUT2D eigenvalue weighted by Gasteiger charge is -2.45. The van der Waals surface area contributed by atoms with Gasteiger partial charge in [-0.1, -0.05) is 65.8 Å². The van der Waals surface area contributed by atoms with E-state index in [4.69, 9.17) is 4.84 Å². The SMILES string of the molecule is C[C@@H](c1ccccc1)N1C(=O)[C@H]2[C@H]3[C@H](O)[C@H](O)C/C(=N\OCc4ccccc4)[C@@H]3CC[C@H]2C1=O. The van der Waals surface area contributed by atoms with Crippen LogP contribution in [0.3, 0.4) is 0 Å². The Hall–Kier alpha value is -3.03. The Bertz CT molecular complexity index is 1070. The molecular weight excluding hydrogens is 432 g/mol. The van der Waals surface area contributed by atoms with E-state index in [1.54, 1.807) is 0 Å². The number of hydrogen-bond donors (Lipinski definition) is 2. The van der Waals surface area contributed by atoms with Crippen molar-refractivity contribution in [2.24, 2.45) is 28.8 Å². The monoisotopic (exact) mass is 462 g/mol. The van der Waals surface area contributed by atoms with Crippen LogP contribution in [0.4, 0.5) is 0 Å². The summed E-state index contributed by atoms with van der Waals surface area (Å²) in [7, 11) is 0.